The van der Waals surface area contributed by atoms with Crippen molar-refractivity contribution in [1.82, 2.24) is 4.72 Å². The maximum absolute atomic E-state index is 11.9. The van der Waals surface area contributed by atoms with Crippen LogP contribution in [0.3, 0.4) is 0 Å². The van der Waals surface area contributed by atoms with Gasteiger partial charge in [0, 0.05) is 22.7 Å². The summed E-state index contributed by atoms with van der Waals surface area (Å²) in [4.78, 5) is 12.2. The van der Waals surface area contributed by atoms with Crippen LogP contribution in [0, 0.1) is 13.8 Å². The van der Waals surface area contributed by atoms with Gasteiger partial charge in [0.2, 0.25) is 10.0 Å². The van der Waals surface area contributed by atoms with Gasteiger partial charge in [-0.05, 0) is 26.3 Å². The van der Waals surface area contributed by atoms with E-state index in [9.17, 15) is 13.2 Å². The molecule has 0 spiro atoms. The van der Waals surface area contributed by atoms with Crippen LogP contribution >= 0.6 is 11.3 Å². The highest BCUT2D eigenvalue weighted by Gasteiger charge is 2.18. The molecule has 7 heteroatoms. The molecule has 0 unspecified atom stereocenters. The lowest BCUT2D eigenvalue weighted by Gasteiger charge is -2.04. The Morgan fingerprint density at radius 2 is 2.12 bits per heavy atom. The molecule has 1 aromatic rings. The smallest absolute Gasteiger partial charge is 0.303 e. The molecular weight excluding hydrogens is 262 g/mol. The molecule has 0 bridgehead atoms. The summed E-state index contributed by atoms with van der Waals surface area (Å²) in [5, 5.41) is 8.43. The monoisotopic (exact) mass is 277 g/mol. The van der Waals surface area contributed by atoms with E-state index in [0.717, 1.165) is 9.75 Å². The lowest BCUT2D eigenvalue weighted by Crippen LogP contribution is -2.25. The van der Waals surface area contributed by atoms with Gasteiger partial charge in [-0.3, -0.25) is 4.79 Å². The van der Waals surface area contributed by atoms with Gasteiger partial charge in [0.25, 0.3) is 0 Å². The SMILES string of the molecule is Cc1cc(S(=O)(=O)NCCCC(=O)O)c(C)s1. The van der Waals surface area contributed by atoms with E-state index in [1.54, 1.807) is 13.0 Å². The number of thiophene rings is 1. The maximum Gasteiger partial charge on any atom is 0.303 e. The number of hydrogen-bond acceptors (Lipinski definition) is 4. The zero-order valence-corrected chi connectivity index (χ0v) is 11.3. The molecule has 0 aromatic carbocycles. The van der Waals surface area contributed by atoms with Crippen molar-refractivity contribution in [3.05, 3.63) is 15.8 Å². The van der Waals surface area contributed by atoms with E-state index in [4.69, 9.17) is 5.11 Å². The molecule has 1 heterocycles. The number of carboxylic acid groups (broad SMARTS) is 1. The summed E-state index contributed by atoms with van der Waals surface area (Å²) in [6.07, 6.45) is 0.251. The van der Waals surface area contributed by atoms with Gasteiger partial charge in [-0.2, -0.15) is 0 Å². The third-order valence-electron chi connectivity index (χ3n) is 2.14. The molecule has 0 saturated heterocycles. The third kappa shape index (κ3) is 4.10. The van der Waals surface area contributed by atoms with E-state index in [1.807, 2.05) is 6.92 Å². The van der Waals surface area contributed by atoms with E-state index in [-0.39, 0.29) is 24.3 Å². The number of carboxylic acids is 1. The summed E-state index contributed by atoms with van der Waals surface area (Å²) in [5.74, 6) is -0.924. The number of sulfonamides is 1. The summed E-state index contributed by atoms with van der Waals surface area (Å²) in [7, 11) is -3.50. The molecule has 0 fully saturated rings. The van der Waals surface area contributed by atoms with Gasteiger partial charge in [-0.25, -0.2) is 13.1 Å². The molecule has 0 atom stereocenters. The zero-order chi connectivity index (χ0) is 13.1. The van der Waals surface area contributed by atoms with Crippen molar-refractivity contribution < 1.29 is 18.3 Å². The van der Waals surface area contributed by atoms with Crippen LogP contribution in [-0.2, 0) is 14.8 Å². The fourth-order valence-corrected chi connectivity index (χ4v) is 4.03. The molecule has 0 aliphatic carbocycles. The van der Waals surface area contributed by atoms with Crippen molar-refractivity contribution >= 4 is 27.3 Å². The summed E-state index contributed by atoms with van der Waals surface area (Å²) in [6, 6.07) is 1.62. The van der Waals surface area contributed by atoms with Crippen molar-refractivity contribution in [2.75, 3.05) is 6.54 Å². The van der Waals surface area contributed by atoms with Crippen LogP contribution in [0.5, 0.6) is 0 Å². The second kappa shape index (κ2) is 5.61. The van der Waals surface area contributed by atoms with Crippen molar-refractivity contribution in [2.24, 2.45) is 0 Å². The Labute approximate surface area is 105 Å². The molecule has 0 radical (unpaired) electrons. The predicted octanol–water partition coefficient (Wildman–Crippen LogP) is 1.51. The van der Waals surface area contributed by atoms with E-state index >= 15 is 0 Å². The van der Waals surface area contributed by atoms with Crippen LogP contribution in [-0.4, -0.2) is 26.0 Å². The molecule has 2 N–H and O–H groups in total. The van der Waals surface area contributed by atoms with Gasteiger partial charge in [0.15, 0.2) is 0 Å². The summed E-state index contributed by atoms with van der Waals surface area (Å²) in [5.41, 5.74) is 0. The summed E-state index contributed by atoms with van der Waals surface area (Å²) >= 11 is 1.43. The van der Waals surface area contributed by atoms with Crippen molar-refractivity contribution in [1.29, 1.82) is 0 Å². The minimum absolute atomic E-state index is 0.0375. The minimum atomic E-state index is -3.50. The van der Waals surface area contributed by atoms with Crippen molar-refractivity contribution in [2.45, 2.75) is 31.6 Å². The Morgan fingerprint density at radius 3 is 2.59 bits per heavy atom. The molecule has 17 heavy (non-hydrogen) atoms. The quantitative estimate of drug-likeness (QED) is 0.772. The van der Waals surface area contributed by atoms with Gasteiger partial charge in [-0.1, -0.05) is 0 Å². The van der Waals surface area contributed by atoms with Crippen LogP contribution in [0.4, 0.5) is 0 Å². The van der Waals surface area contributed by atoms with Gasteiger partial charge in [0.1, 0.15) is 0 Å². The van der Waals surface area contributed by atoms with Crippen LogP contribution < -0.4 is 4.72 Å². The molecule has 0 amide bonds. The van der Waals surface area contributed by atoms with E-state index in [1.165, 1.54) is 11.3 Å². The third-order valence-corrected chi connectivity index (χ3v) is 4.83. The van der Waals surface area contributed by atoms with Gasteiger partial charge in [0.05, 0.1) is 4.90 Å². The Hall–Kier alpha value is -0.920. The highest BCUT2D eigenvalue weighted by molar-refractivity contribution is 7.89. The second-order valence-electron chi connectivity index (χ2n) is 3.67. The standard InChI is InChI=1S/C10H15NO4S2/c1-7-6-9(8(2)16-7)17(14,15)11-5-3-4-10(12)13/h6,11H,3-5H2,1-2H3,(H,12,13). The number of rotatable bonds is 6. The highest BCUT2D eigenvalue weighted by atomic mass is 32.2. The van der Waals surface area contributed by atoms with E-state index < -0.39 is 16.0 Å². The highest BCUT2D eigenvalue weighted by Crippen LogP contribution is 2.24. The normalized spacial score (nSPS) is 11.6. The van der Waals surface area contributed by atoms with Crippen LogP contribution in [0.15, 0.2) is 11.0 Å². The first kappa shape index (κ1) is 14.1. The molecule has 0 saturated carbocycles. The van der Waals surface area contributed by atoms with Crippen LogP contribution in [0.1, 0.15) is 22.6 Å². The van der Waals surface area contributed by atoms with E-state index in [2.05, 4.69) is 4.72 Å². The number of aliphatic carboxylic acids is 1. The van der Waals surface area contributed by atoms with Crippen molar-refractivity contribution in [3.63, 3.8) is 0 Å². The average Bonchev–Trinajstić information content (AvgIpc) is 2.53. The minimum Gasteiger partial charge on any atom is -0.481 e. The molecule has 1 aromatic heterocycles. The van der Waals surface area contributed by atoms with Gasteiger partial charge >= 0.3 is 5.97 Å². The first-order chi connectivity index (χ1) is 7.83. The molecule has 0 aliphatic heterocycles. The van der Waals surface area contributed by atoms with E-state index in [0.29, 0.717) is 0 Å². The summed E-state index contributed by atoms with van der Waals surface area (Å²) < 4.78 is 26.1. The maximum atomic E-state index is 11.9. The molecule has 96 valence electrons. The number of nitrogens with one attached hydrogen (secondary N) is 1. The Balaban J connectivity index is 2.63. The van der Waals surface area contributed by atoms with Crippen LogP contribution in [0.2, 0.25) is 0 Å². The van der Waals surface area contributed by atoms with Gasteiger partial charge < -0.3 is 5.11 Å². The predicted molar refractivity (Wildman–Crippen MR) is 65.9 cm³/mol. The molecule has 5 nitrogen and oxygen atoms in total. The van der Waals surface area contributed by atoms with Crippen molar-refractivity contribution in [3.8, 4) is 0 Å². The molecule has 0 aliphatic rings. The topological polar surface area (TPSA) is 83.5 Å². The Bertz CT molecular complexity index is 504. The average molecular weight is 277 g/mol. The Morgan fingerprint density at radius 1 is 1.47 bits per heavy atom. The fraction of sp³-hybridized carbons (Fsp3) is 0.500. The largest absolute Gasteiger partial charge is 0.481 e. The lowest BCUT2D eigenvalue weighted by molar-refractivity contribution is -0.137. The fourth-order valence-electron chi connectivity index (χ4n) is 1.40. The number of aryl methyl sites for hydroxylation is 2. The summed E-state index contributed by atoms with van der Waals surface area (Å²) in [6.45, 7) is 3.74. The number of hydrogen-bond donors (Lipinski definition) is 2. The van der Waals surface area contributed by atoms with Crippen LogP contribution in [0.25, 0.3) is 0 Å². The van der Waals surface area contributed by atoms with Gasteiger partial charge in [-0.15, -0.1) is 11.3 Å². The second-order valence-corrected chi connectivity index (χ2v) is 6.87. The first-order valence-electron chi connectivity index (χ1n) is 5.11. The molecule has 1 rings (SSSR count). The Kier molecular flexibility index (Phi) is 4.67. The number of carbonyl (C=O) groups is 1. The lowest BCUT2D eigenvalue weighted by atomic mass is 10.3. The molecular formula is C10H15NO4S2. The zero-order valence-electron chi connectivity index (χ0n) is 9.69. The first-order valence-corrected chi connectivity index (χ1v) is 7.41.